The first kappa shape index (κ1) is 22.7. The molecule has 3 aromatic carbocycles. The van der Waals surface area contributed by atoms with Crippen LogP contribution in [-0.2, 0) is 0 Å². The van der Waals surface area contributed by atoms with Gasteiger partial charge in [0.15, 0.2) is 23.3 Å². The van der Waals surface area contributed by atoms with Gasteiger partial charge in [-0.1, -0.05) is 0 Å². The van der Waals surface area contributed by atoms with E-state index in [9.17, 15) is 35.9 Å². The Labute approximate surface area is 176 Å². The van der Waals surface area contributed by atoms with E-state index < -0.39 is 58.1 Å². The molecule has 0 aliphatic carbocycles. The van der Waals surface area contributed by atoms with Crippen molar-refractivity contribution >= 4 is 23.2 Å². The van der Waals surface area contributed by atoms with Crippen molar-refractivity contribution < 1.29 is 40.7 Å². The maximum absolute atomic E-state index is 13.8. The number of methoxy groups -OCH3 is 1. The van der Waals surface area contributed by atoms with Crippen LogP contribution in [0.5, 0.6) is 5.75 Å². The number of amides is 2. The molecule has 3 aromatic rings. The average Bonchev–Trinajstić information content (AvgIpc) is 2.72. The molecule has 0 spiro atoms. The monoisotopic (exact) mass is 454 g/mol. The van der Waals surface area contributed by atoms with Crippen LogP contribution in [0.4, 0.5) is 37.7 Å². The zero-order valence-electron chi connectivity index (χ0n) is 16.0. The molecule has 0 saturated heterocycles. The van der Waals surface area contributed by atoms with Crippen molar-refractivity contribution in [2.24, 2.45) is 0 Å². The zero-order chi connectivity index (χ0) is 23.6. The minimum Gasteiger partial charge on any atom is -0.496 e. The van der Waals surface area contributed by atoms with E-state index in [-0.39, 0.29) is 16.9 Å². The van der Waals surface area contributed by atoms with Crippen molar-refractivity contribution in [3.05, 3.63) is 88.5 Å². The molecule has 0 unspecified atom stereocenters. The number of nitrogens with one attached hydrogen (secondary N) is 2. The molecule has 0 atom stereocenters. The third kappa shape index (κ3) is 4.66. The van der Waals surface area contributed by atoms with Gasteiger partial charge in [-0.2, -0.15) is 0 Å². The summed E-state index contributed by atoms with van der Waals surface area (Å²) in [5.74, 6) is -10.2. The average molecular weight is 454 g/mol. The van der Waals surface area contributed by atoms with Gasteiger partial charge in [-0.05, 0) is 18.2 Å². The number of hydrogen-bond donors (Lipinski definition) is 2. The molecular formula is C21H12F6N2O3. The lowest BCUT2D eigenvalue weighted by molar-refractivity contribution is 0.102. The van der Waals surface area contributed by atoms with Crippen LogP contribution in [0.15, 0.2) is 42.5 Å². The van der Waals surface area contributed by atoms with Gasteiger partial charge in [0.1, 0.15) is 28.8 Å². The summed E-state index contributed by atoms with van der Waals surface area (Å²) in [6, 6.07) is 4.65. The Bertz CT molecular complexity index is 1190. The summed E-state index contributed by atoms with van der Waals surface area (Å²) in [5.41, 5.74) is -2.53. The number of rotatable bonds is 5. The summed E-state index contributed by atoms with van der Waals surface area (Å²) in [6.45, 7) is 0. The molecule has 0 fully saturated rings. The van der Waals surface area contributed by atoms with Crippen LogP contribution in [0.3, 0.4) is 0 Å². The maximum atomic E-state index is 13.8. The Hall–Kier alpha value is -4.02. The van der Waals surface area contributed by atoms with Crippen LogP contribution in [0.1, 0.15) is 20.7 Å². The molecule has 2 amide bonds. The molecular weight excluding hydrogens is 442 g/mol. The minimum atomic E-state index is -1.38. The van der Waals surface area contributed by atoms with Crippen LogP contribution in [0.25, 0.3) is 0 Å². The van der Waals surface area contributed by atoms with Crippen LogP contribution < -0.4 is 15.4 Å². The first-order chi connectivity index (χ1) is 15.1. The zero-order valence-corrected chi connectivity index (χ0v) is 16.0. The van der Waals surface area contributed by atoms with E-state index in [1.807, 2.05) is 10.6 Å². The summed E-state index contributed by atoms with van der Waals surface area (Å²) >= 11 is 0. The van der Waals surface area contributed by atoms with E-state index in [1.54, 1.807) is 0 Å². The normalized spacial score (nSPS) is 10.6. The highest BCUT2D eigenvalue weighted by Gasteiger charge is 2.21. The van der Waals surface area contributed by atoms with Gasteiger partial charge in [-0.25, -0.2) is 26.3 Å². The van der Waals surface area contributed by atoms with Gasteiger partial charge in [-0.3, -0.25) is 9.59 Å². The molecule has 166 valence electrons. The van der Waals surface area contributed by atoms with Gasteiger partial charge in [0.2, 0.25) is 0 Å². The Morgan fingerprint density at radius 2 is 1.12 bits per heavy atom. The molecule has 0 aliphatic heterocycles. The predicted octanol–water partition coefficient (Wildman–Crippen LogP) is 5.03. The second kappa shape index (κ2) is 9.00. The highest BCUT2D eigenvalue weighted by atomic mass is 19.2. The van der Waals surface area contributed by atoms with Gasteiger partial charge >= 0.3 is 0 Å². The second-order valence-corrected chi connectivity index (χ2v) is 6.31. The first-order valence-electron chi connectivity index (χ1n) is 8.70. The second-order valence-electron chi connectivity index (χ2n) is 6.31. The molecule has 0 heterocycles. The molecule has 11 heteroatoms. The number of anilines is 2. The lowest BCUT2D eigenvalue weighted by Gasteiger charge is -2.13. The highest BCUT2D eigenvalue weighted by molar-refractivity contribution is 6.10. The van der Waals surface area contributed by atoms with Crippen molar-refractivity contribution in [3.8, 4) is 5.75 Å². The molecule has 2 N–H and O–H groups in total. The molecule has 0 radical (unpaired) electrons. The first-order valence-corrected chi connectivity index (χ1v) is 8.70. The lowest BCUT2D eigenvalue weighted by atomic mass is 10.1. The van der Waals surface area contributed by atoms with Crippen LogP contribution in [0.2, 0.25) is 0 Å². The standard InChI is InChI=1S/C21H12F6N2O3/c1-32-17-3-2-9(20(30)28-18-13(24)5-10(22)6-14(18)25)4-12(17)21(31)29-19-15(26)7-11(23)8-16(19)27/h2-8H,1H3,(H,28,30)(H,29,31). The van der Waals surface area contributed by atoms with E-state index >= 15 is 0 Å². The SMILES string of the molecule is COc1ccc(C(=O)Nc2c(F)cc(F)cc2F)cc1C(=O)Nc1c(F)cc(F)cc1F. The largest absolute Gasteiger partial charge is 0.496 e. The van der Waals surface area contributed by atoms with Crippen molar-refractivity contribution in [3.63, 3.8) is 0 Å². The van der Waals surface area contributed by atoms with Gasteiger partial charge in [-0.15, -0.1) is 0 Å². The molecule has 0 aromatic heterocycles. The third-order valence-electron chi connectivity index (χ3n) is 4.20. The molecule has 0 aliphatic rings. The van der Waals surface area contributed by atoms with Gasteiger partial charge < -0.3 is 15.4 Å². The third-order valence-corrected chi connectivity index (χ3v) is 4.20. The Kier molecular flexibility index (Phi) is 6.37. The Balaban J connectivity index is 1.92. The molecule has 3 rings (SSSR count). The number of carbonyl (C=O) groups is 2. The summed E-state index contributed by atoms with van der Waals surface area (Å²) < 4.78 is 86.3. The lowest BCUT2D eigenvalue weighted by Crippen LogP contribution is -2.18. The van der Waals surface area contributed by atoms with E-state index in [0.717, 1.165) is 18.2 Å². The molecule has 5 nitrogen and oxygen atoms in total. The van der Waals surface area contributed by atoms with Crippen LogP contribution in [-0.4, -0.2) is 18.9 Å². The Morgan fingerprint density at radius 1 is 0.688 bits per heavy atom. The van der Waals surface area contributed by atoms with Crippen molar-refractivity contribution in [2.45, 2.75) is 0 Å². The summed E-state index contributed by atoms with van der Waals surface area (Å²) in [5, 5.41) is 3.82. The van der Waals surface area contributed by atoms with Crippen molar-refractivity contribution in [2.75, 3.05) is 17.7 Å². The topological polar surface area (TPSA) is 67.4 Å². The van der Waals surface area contributed by atoms with Crippen LogP contribution >= 0.6 is 0 Å². The fraction of sp³-hybridized carbons (Fsp3) is 0.0476. The van der Waals surface area contributed by atoms with E-state index in [0.29, 0.717) is 24.3 Å². The summed E-state index contributed by atoms with van der Waals surface area (Å²) in [6.07, 6.45) is 0. The fourth-order valence-electron chi connectivity index (χ4n) is 2.72. The fourth-order valence-corrected chi connectivity index (χ4v) is 2.72. The van der Waals surface area contributed by atoms with E-state index in [4.69, 9.17) is 4.74 Å². The van der Waals surface area contributed by atoms with E-state index in [2.05, 4.69) is 0 Å². The molecule has 0 saturated carbocycles. The van der Waals surface area contributed by atoms with E-state index in [1.165, 1.54) is 7.11 Å². The summed E-state index contributed by atoms with van der Waals surface area (Å²) in [7, 11) is 1.17. The smallest absolute Gasteiger partial charge is 0.259 e. The van der Waals surface area contributed by atoms with Crippen molar-refractivity contribution in [1.82, 2.24) is 0 Å². The number of ether oxygens (including phenoxy) is 1. The van der Waals surface area contributed by atoms with Crippen molar-refractivity contribution in [1.29, 1.82) is 0 Å². The summed E-state index contributed by atoms with van der Waals surface area (Å²) in [4.78, 5) is 25.0. The maximum Gasteiger partial charge on any atom is 0.259 e. The quantitative estimate of drug-likeness (QED) is 0.532. The number of halogens is 6. The van der Waals surface area contributed by atoms with Gasteiger partial charge in [0.25, 0.3) is 11.8 Å². The predicted molar refractivity (Wildman–Crippen MR) is 102 cm³/mol. The molecule has 32 heavy (non-hydrogen) atoms. The number of carbonyl (C=O) groups excluding carboxylic acids is 2. The minimum absolute atomic E-state index is 0.110. The number of hydrogen-bond acceptors (Lipinski definition) is 3. The Morgan fingerprint density at radius 3 is 1.56 bits per heavy atom. The number of benzene rings is 3. The van der Waals surface area contributed by atoms with Gasteiger partial charge in [0.05, 0.1) is 12.7 Å². The molecule has 0 bridgehead atoms. The highest BCUT2D eigenvalue weighted by Crippen LogP contribution is 2.26. The van der Waals surface area contributed by atoms with Gasteiger partial charge in [0, 0.05) is 29.8 Å². The van der Waals surface area contributed by atoms with Crippen LogP contribution in [0, 0.1) is 34.9 Å².